The first-order chi connectivity index (χ1) is 10.2. The number of piperidine rings is 1. The van der Waals surface area contributed by atoms with Crippen LogP contribution in [0.3, 0.4) is 0 Å². The molecule has 1 aromatic rings. The van der Waals surface area contributed by atoms with Crippen LogP contribution in [0.1, 0.15) is 31.2 Å². The Bertz CT molecular complexity index is 527. The van der Waals surface area contributed by atoms with Gasteiger partial charge in [-0.3, -0.25) is 10.3 Å². The maximum atomic E-state index is 7.58. The third kappa shape index (κ3) is 2.99. The molecule has 0 amide bonds. The summed E-state index contributed by atoms with van der Waals surface area (Å²) in [4.78, 5) is 9.24. The van der Waals surface area contributed by atoms with Gasteiger partial charge in [0.15, 0.2) is 0 Å². The summed E-state index contributed by atoms with van der Waals surface area (Å²) in [7, 11) is 0. The average Bonchev–Trinajstić information content (AvgIpc) is 2.98. The van der Waals surface area contributed by atoms with Crippen molar-refractivity contribution in [1.29, 1.82) is 5.41 Å². The van der Waals surface area contributed by atoms with Crippen molar-refractivity contribution in [2.24, 2.45) is 5.73 Å². The van der Waals surface area contributed by atoms with Crippen LogP contribution in [-0.2, 0) is 0 Å². The first-order valence-electron chi connectivity index (χ1n) is 7.64. The Balaban J connectivity index is 1.74. The summed E-state index contributed by atoms with van der Waals surface area (Å²) in [5.74, 6) is 0.763. The van der Waals surface area contributed by atoms with E-state index in [0.29, 0.717) is 16.6 Å². The number of nitrogens with two attached hydrogens (primary N) is 1. The number of nitrogens with one attached hydrogen (secondary N) is 1. The zero-order chi connectivity index (χ0) is 14.8. The summed E-state index contributed by atoms with van der Waals surface area (Å²) in [6, 6.07) is 2.30. The van der Waals surface area contributed by atoms with Gasteiger partial charge in [0.05, 0.1) is 5.02 Å². The van der Waals surface area contributed by atoms with Gasteiger partial charge in [-0.25, -0.2) is 4.98 Å². The van der Waals surface area contributed by atoms with Gasteiger partial charge in [-0.1, -0.05) is 18.0 Å². The minimum atomic E-state index is -0.00423. The molecule has 0 bridgehead atoms. The van der Waals surface area contributed by atoms with Gasteiger partial charge in [0.1, 0.15) is 11.7 Å². The van der Waals surface area contributed by atoms with Gasteiger partial charge in [-0.15, -0.1) is 0 Å². The molecule has 3 N–H and O–H groups in total. The molecule has 2 saturated heterocycles. The maximum Gasteiger partial charge on any atom is 0.148 e. The van der Waals surface area contributed by atoms with Crippen molar-refractivity contribution in [2.45, 2.75) is 31.7 Å². The van der Waals surface area contributed by atoms with Gasteiger partial charge in [0.25, 0.3) is 0 Å². The van der Waals surface area contributed by atoms with E-state index in [2.05, 4.69) is 14.8 Å². The van der Waals surface area contributed by atoms with E-state index in [-0.39, 0.29) is 5.84 Å². The van der Waals surface area contributed by atoms with Gasteiger partial charge in [-0.2, -0.15) is 0 Å². The van der Waals surface area contributed by atoms with E-state index < -0.39 is 0 Å². The third-order valence-corrected chi connectivity index (χ3v) is 4.90. The normalized spacial score (nSPS) is 23.5. The Hall–Kier alpha value is -1.33. The first-order valence-corrected chi connectivity index (χ1v) is 8.02. The molecule has 2 aliphatic heterocycles. The highest BCUT2D eigenvalue weighted by atomic mass is 35.5. The number of rotatable bonds is 3. The smallest absolute Gasteiger partial charge is 0.148 e. The standard InChI is InChI=1S/C15H22ClN5/c16-13-12(14(17)18)4-6-19-15(13)21-9-5-11(10-21)20-7-2-1-3-8-20/h4,6,11H,1-3,5,7-10H2,(H3,17,18). The lowest BCUT2D eigenvalue weighted by Crippen LogP contribution is -2.41. The van der Waals surface area contributed by atoms with Crippen LogP contribution in [0.15, 0.2) is 12.3 Å². The van der Waals surface area contributed by atoms with Crippen molar-refractivity contribution < 1.29 is 0 Å². The summed E-state index contributed by atoms with van der Waals surface area (Å²) < 4.78 is 0. The van der Waals surface area contributed by atoms with Crippen LogP contribution in [-0.4, -0.2) is 47.9 Å². The van der Waals surface area contributed by atoms with Crippen molar-refractivity contribution in [1.82, 2.24) is 9.88 Å². The Morgan fingerprint density at radius 3 is 2.76 bits per heavy atom. The number of nitrogen functional groups attached to an aromatic ring is 1. The molecule has 0 radical (unpaired) electrons. The van der Waals surface area contributed by atoms with E-state index >= 15 is 0 Å². The zero-order valence-corrected chi connectivity index (χ0v) is 12.9. The lowest BCUT2D eigenvalue weighted by molar-refractivity contribution is 0.175. The summed E-state index contributed by atoms with van der Waals surface area (Å²) in [6.45, 7) is 4.36. The van der Waals surface area contributed by atoms with E-state index in [9.17, 15) is 0 Å². The van der Waals surface area contributed by atoms with Crippen molar-refractivity contribution in [3.05, 3.63) is 22.8 Å². The molecule has 0 saturated carbocycles. The van der Waals surface area contributed by atoms with Crippen LogP contribution >= 0.6 is 11.6 Å². The van der Waals surface area contributed by atoms with E-state index in [1.807, 2.05) is 0 Å². The second kappa shape index (κ2) is 6.20. The molecule has 1 aromatic heterocycles. The molecule has 1 atom stereocenters. The van der Waals surface area contributed by atoms with Crippen LogP contribution in [0.25, 0.3) is 0 Å². The average molecular weight is 308 g/mol. The fourth-order valence-electron chi connectivity index (χ4n) is 3.38. The fraction of sp³-hybridized carbons (Fsp3) is 0.600. The van der Waals surface area contributed by atoms with Crippen molar-refractivity contribution in [3.8, 4) is 0 Å². The maximum absolute atomic E-state index is 7.58. The summed E-state index contributed by atoms with van der Waals surface area (Å²) >= 11 is 6.38. The number of anilines is 1. The van der Waals surface area contributed by atoms with Gasteiger partial charge < -0.3 is 10.6 Å². The van der Waals surface area contributed by atoms with Crippen molar-refractivity contribution in [2.75, 3.05) is 31.1 Å². The van der Waals surface area contributed by atoms with Gasteiger partial charge in [-0.05, 0) is 38.4 Å². The minimum absolute atomic E-state index is 0.00423. The number of amidine groups is 1. The molecule has 6 heteroatoms. The highest BCUT2D eigenvalue weighted by molar-refractivity contribution is 6.36. The molecule has 0 aromatic carbocycles. The second-order valence-electron chi connectivity index (χ2n) is 5.89. The van der Waals surface area contributed by atoms with Crippen LogP contribution in [0, 0.1) is 5.41 Å². The molecule has 114 valence electrons. The number of pyridine rings is 1. The van der Waals surface area contributed by atoms with E-state index in [1.54, 1.807) is 12.3 Å². The van der Waals surface area contributed by atoms with Crippen molar-refractivity contribution >= 4 is 23.3 Å². The van der Waals surface area contributed by atoms with E-state index in [1.165, 1.54) is 32.4 Å². The van der Waals surface area contributed by atoms with E-state index in [0.717, 1.165) is 25.3 Å². The predicted molar refractivity (Wildman–Crippen MR) is 86.3 cm³/mol. The van der Waals surface area contributed by atoms with Crippen LogP contribution in [0.4, 0.5) is 5.82 Å². The fourth-order valence-corrected chi connectivity index (χ4v) is 3.71. The lowest BCUT2D eigenvalue weighted by atomic mass is 10.1. The molecule has 3 heterocycles. The van der Waals surface area contributed by atoms with Gasteiger partial charge in [0.2, 0.25) is 0 Å². The number of halogens is 1. The van der Waals surface area contributed by atoms with Gasteiger partial charge in [0, 0.05) is 30.9 Å². The molecule has 2 fully saturated rings. The largest absolute Gasteiger partial charge is 0.384 e. The highest BCUT2D eigenvalue weighted by Crippen LogP contribution is 2.30. The summed E-state index contributed by atoms with van der Waals surface area (Å²) in [6.07, 6.45) is 6.83. The molecule has 2 aliphatic rings. The quantitative estimate of drug-likeness (QED) is 0.662. The Morgan fingerprint density at radius 2 is 2.05 bits per heavy atom. The predicted octanol–water partition coefficient (Wildman–Crippen LogP) is 2.08. The highest BCUT2D eigenvalue weighted by Gasteiger charge is 2.30. The Kier molecular flexibility index (Phi) is 4.31. The number of hydrogen-bond acceptors (Lipinski definition) is 4. The topological polar surface area (TPSA) is 69.2 Å². The Labute approximate surface area is 130 Å². The Morgan fingerprint density at radius 1 is 1.29 bits per heavy atom. The lowest BCUT2D eigenvalue weighted by Gasteiger charge is -2.32. The monoisotopic (exact) mass is 307 g/mol. The first kappa shape index (κ1) is 14.6. The molecule has 0 spiro atoms. The zero-order valence-electron chi connectivity index (χ0n) is 12.2. The number of likely N-dealkylation sites (tertiary alicyclic amines) is 1. The molecule has 5 nitrogen and oxygen atoms in total. The third-order valence-electron chi connectivity index (χ3n) is 4.53. The second-order valence-corrected chi connectivity index (χ2v) is 6.27. The summed E-state index contributed by atoms with van der Waals surface area (Å²) in [5, 5.41) is 8.09. The molecular formula is C15H22ClN5. The van der Waals surface area contributed by atoms with Crippen LogP contribution in [0.2, 0.25) is 5.02 Å². The molecule has 3 rings (SSSR count). The summed E-state index contributed by atoms with van der Waals surface area (Å²) in [5.41, 5.74) is 6.14. The molecule has 1 unspecified atom stereocenters. The number of aromatic nitrogens is 1. The van der Waals surface area contributed by atoms with Crippen LogP contribution in [0.5, 0.6) is 0 Å². The molecular weight excluding hydrogens is 286 g/mol. The SMILES string of the molecule is N=C(N)c1ccnc(N2CCC(N3CCCCC3)C2)c1Cl. The van der Waals surface area contributed by atoms with Gasteiger partial charge >= 0.3 is 0 Å². The molecule has 0 aliphatic carbocycles. The minimum Gasteiger partial charge on any atom is -0.384 e. The van der Waals surface area contributed by atoms with E-state index in [4.69, 9.17) is 22.7 Å². The molecule has 21 heavy (non-hydrogen) atoms. The number of nitrogens with zero attached hydrogens (tertiary/aromatic N) is 3. The number of hydrogen-bond donors (Lipinski definition) is 2. The van der Waals surface area contributed by atoms with Crippen LogP contribution < -0.4 is 10.6 Å². The van der Waals surface area contributed by atoms with Crippen molar-refractivity contribution in [3.63, 3.8) is 0 Å².